The van der Waals surface area contributed by atoms with E-state index in [1.165, 1.54) is 0 Å². The summed E-state index contributed by atoms with van der Waals surface area (Å²) in [5.41, 5.74) is 0. The average Bonchev–Trinajstić information content (AvgIpc) is 2.10. The summed E-state index contributed by atoms with van der Waals surface area (Å²) >= 11 is 0. The first-order chi connectivity index (χ1) is 4.61. The lowest BCUT2D eigenvalue weighted by Crippen LogP contribution is -2.27. The Hall–Kier alpha value is -1.06. The van der Waals surface area contributed by atoms with Gasteiger partial charge in [0, 0.05) is 6.92 Å². The Labute approximate surface area is 58.5 Å². The maximum absolute atomic E-state index is 10.4. The van der Waals surface area contributed by atoms with E-state index in [1.807, 2.05) is 0 Å². The molecule has 0 aromatic carbocycles. The zero-order chi connectivity index (χ0) is 7.72. The van der Waals surface area contributed by atoms with Crippen LogP contribution in [-0.2, 0) is 9.53 Å². The molecule has 0 aromatic rings. The van der Waals surface area contributed by atoms with Crippen molar-refractivity contribution in [1.82, 2.24) is 0 Å². The number of ether oxygens (including phenoxy) is 1. The van der Waals surface area contributed by atoms with Gasteiger partial charge in [-0.15, -0.1) is 0 Å². The first kappa shape index (κ1) is 7.05. The Morgan fingerprint density at radius 1 is 1.80 bits per heavy atom. The van der Waals surface area contributed by atoms with Crippen LogP contribution in [0, 0.1) is 0 Å². The van der Waals surface area contributed by atoms with Gasteiger partial charge >= 0.3 is 5.97 Å². The molecule has 4 heteroatoms. The van der Waals surface area contributed by atoms with Crippen LogP contribution in [-0.4, -0.2) is 29.1 Å². The predicted octanol–water partition coefficient (Wildman–Crippen LogP) is 0.277. The minimum Gasteiger partial charge on any atom is -0.480 e. The molecule has 0 unspecified atom stereocenters. The van der Waals surface area contributed by atoms with Crippen LogP contribution in [0.2, 0.25) is 0 Å². The standard InChI is InChI=1S/C6H9NO3/c1-3-5(6(8)9)7-4(2)10-3/h3,5H,1-2H3,(H,8,9)/t3-,5+/m1/s1. The second-order valence-corrected chi connectivity index (χ2v) is 2.25. The second-order valence-electron chi connectivity index (χ2n) is 2.25. The van der Waals surface area contributed by atoms with Crippen molar-refractivity contribution in [2.75, 3.05) is 0 Å². The van der Waals surface area contributed by atoms with Crippen molar-refractivity contribution in [3.05, 3.63) is 0 Å². The molecule has 56 valence electrons. The summed E-state index contributed by atoms with van der Waals surface area (Å²) in [5, 5.41) is 8.51. The van der Waals surface area contributed by atoms with Crippen LogP contribution >= 0.6 is 0 Å². The van der Waals surface area contributed by atoms with Crippen LogP contribution in [0.5, 0.6) is 0 Å². The van der Waals surface area contributed by atoms with Gasteiger partial charge in [0.1, 0.15) is 6.10 Å². The van der Waals surface area contributed by atoms with Gasteiger partial charge in [0.05, 0.1) is 0 Å². The minimum absolute atomic E-state index is 0.322. The molecule has 0 spiro atoms. The molecule has 0 bridgehead atoms. The van der Waals surface area contributed by atoms with Gasteiger partial charge in [0.15, 0.2) is 11.9 Å². The van der Waals surface area contributed by atoms with Crippen LogP contribution in [0.3, 0.4) is 0 Å². The summed E-state index contributed by atoms with van der Waals surface area (Å²) in [4.78, 5) is 14.1. The molecule has 1 aliphatic heterocycles. The first-order valence-electron chi connectivity index (χ1n) is 3.05. The number of aliphatic imine (C=N–C) groups is 1. The lowest BCUT2D eigenvalue weighted by molar-refractivity contribution is -0.139. The van der Waals surface area contributed by atoms with Crippen LogP contribution in [0.15, 0.2) is 4.99 Å². The lowest BCUT2D eigenvalue weighted by atomic mass is 10.2. The molecule has 1 rings (SSSR count). The number of hydrogen-bond donors (Lipinski definition) is 1. The molecule has 0 saturated heterocycles. The number of aliphatic carboxylic acids is 1. The molecule has 0 fully saturated rings. The second kappa shape index (κ2) is 2.28. The molecule has 10 heavy (non-hydrogen) atoms. The summed E-state index contributed by atoms with van der Waals surface area (Å²) in [6.45, 7) is 3.35. The first-order valence-corrected chi connectivity index (χ1v) is 3.05. The smallest absolute Gasteiger partial charge is 0.332 e. The van der Waals surface area contributed by atoms with E-state index in [0.29, 0.717) is 5.90 Å². The zero-order valence-corrected chi connectivity index (χ0v) is 5.87. The van der Waals surface area contributed by atoms with E-state index in [9.17, 15) is 4.79 Å². The van der Waals surface area contributed by atoms with Crippen molar-refractivity contribution >= 4 is 11.9 Å². The Morgan fingerprint density at radius 3 is 2.60 bits per heavy atom. The molecular formula is C6H9NO3. The zero-order valence-electron chi connectivity index (χ0n) is 5.87. The number of rotatable bonds is 1. The highest BCUT2D eigenvalue weighted by molar-refractivity contribution is 5.83. The van der Waals surface area contributed by atoms with Crippen LogP contribution in [0.4, 0.5) is 0 Å². The van der Waals surface area contributed by atoms with E-state index in [-0.39, 0.29) is 6.10 Å². The molecule has 0 aromatic heterocycles. The van der Waals surface area contributed by atoms with E-state index in [2.05, 4.69) is 4.99 Å². The molecule has 1 aliphatic rings. The number of carboxylic acids is 1. The quantitative estimate of drug-likeness (QED) is 0.573. The molecule has 0 amide bonds. The fourth-order valence-electron chi connectivity index (χ4n) is 0.921. The maximum Gasteiger partial charge on any atom is 0.332 e. The Kier molecular flexibility index (Phi) is 1.61. The topological polar surface area (TPSA) is 58.9 Å². The molecule has 4 nitrogen and oxygen atoms in total. The lowest BCUT2D eigenvalue weighted by Gasteiger charge is -2.06. The summed E-state index contributed by atoms with van der Waals surface area (Å²) in [5.74, 6) is -0.468. The maximum atomic E-state index is 10.4. The minimum atomic E-state index is -0.927. The number of carboxylic acid groups (broad SMARTS) is 1. The number of hydrogen-bond acceptors (Lipinski definition) is 3. The van der Waals surface area contributed by atoms with Crippen LogP contribution in [0.1, 0.15) is 13.8 Å². The van der Waals surface area contributed by atoms with Gasteiger partial charge in [0.25, 0.3) is 0 Å². The van der Waals surface area contributed by atoms with Crippen LogP contribution in [0.25, 0.3) is 0 Å². The average molecular weight is 143 g/mol. The highest BCUT2D eigenvalue weighted by Gasteiger charge is 2.30. The van der Waals surface area contributed by atoms with E-state index in [1.54, 1.807) is 13.8 Å². The van der Waals surface area contributed by atoms with Gasteiger partial charge in [-0.05, 0) is 6.92 Å². The van der Waals surface area contributed by atoms with Gasteiger partial charge < -0.3 is 9.84 Å². The summed E-state index contributed by atoms with van der Waals surface area (Å²) in [7, 11) is 0. The van der Waals surface area contributed by atoms with Crippen molar-refractivity contribution < 1.29 is 14.6 Å². The molecule has 0 radical (unpaired) electrons. The number of nitrogens with zero attached hydrogens (tertiary/aromatic N) is 1. The van der Waals surface area contributed by atoms with Gasteiger partial charge in [-0.1, -0.05) is 0 Å². The Balaban J connectivity index is 2.69. The van der Waals surface area contributed by atoms with E-state index in [0.717, 1.165) is 0 Å². The fraction of sp³-hybridized carbons (Fsp3) is 0.667. The van der Waals surface area contributed by atoms with Crippen molar-refractivity contribution in [3.63, 3.8) is 0 Å². The largest absolute Gasteiger partial charge is 0.480 e. The monoisotopic (exact) mass is 143 g/mol. The fourth-order valence-corrected chi connectivity index (χ4v) is 0.921. The van der Waals surface area contributed by atoms with Crippen molar-refractivity contribution in [2.45, 2.75) is 26.0 Å². The van der Waals surface area contributed by atoms with Gasteiger partial charge in [0.2, 0.25) is 0 Å². The van der Waals surface area contributed by atoms with E-state index >= 15 is 0 Å². The van der Waals surface area contributed by atoms with Gasteiger partial charge in [-0.3, -0.25) is 0 Å². The third kappa shape index (κ3) is 1.10. The highest BCUT2D eigenvalue weighted by atomic mass is 16.5. The summed E-state index contributed by atoms with van der Waals surface area (Å²) < 4.78 is 5.00. The van der Waals surface area contributed by atoms with E-state index in [4.69, 9.17) is 9.84 Å². The van der Waals surface area contributed by atoms with Crippen molar-refractivity contribution in [3.8, 4) is 0 Å². The van der Waals surface area contributed by atoms with Crippen LogP contribution < -0.4 is 0 Å². The molecule has 0 aliphatic carbocycles. The van der Waals surface area contributed by atoms with Gasteiger partial charge in [-0.25, -0.2) is 9.79 Å². The Bertz CT molecular complexity index is 187. The van der Waals surface area contributed by atoms with Crippen molar-refractivity contribution in [1.29, 1.82) is 0 Å². The molecular weight excluding hydrogens is 134 g/mol. The Morgan fingerprint density at radius 2 is 2.40 bits per heavy atom. The summed E-state index contributed by atoms with van der Waals surface area (Å²) in [6, 6.07) is -0.708. The highest BCUT2D eigenvalue weighted by Crippen LogP contribution is 2.12. The molecule has 1 heterocycles. The normalized spacial score (nSPS) is 31.2. The predicted molar refractivity (Wildman–Crippen MR) is 35.1 cm³/mol. The third-order valence-electron chi connectivity index (χ3n) is 1.37. The molecule has 1 N–H and O–H groups in total. The SMILES string of the molecule is CC1=N[C@H](C(=O)O)[C@@H](C)O1. The van der Waals surface area contributed by atoms with Gasteiger partial charge in [-0.2, -0.15) is 0 Å². The molecule has 2 atom stereocenters. The third-order valence-corrected chi connectivity index (χ3v) is 1.37. The number of carbonyl (C=O) groups is 1. The van der Waals surface area contributed by atoms with E-state index < -0.39 is 12.0 Å². The summed E-state index contributed by atoms with van der Waals surface area (Å²) in [6.07, 6.45) is -0.322. The van der Waals surface area contributed by atoms with Crippen molar-refractivity contribution in [2.24, 2.45) is 4.99 Å². The molecule has 0 saturated carbocycles.